The van der Waals surface area contributed by atoms with Crippen molar-refractivity contribution in [3.05, 3.63) is 59.7 Å². The summed E-state index contributed by atoms with van der Waals surface area (Å²) in [5.41, 5.74) is 2.14. The maximum atomic E-state index is 12.3. The Kier molecular flexibility index (Phi) is 4.57. The minimum absolute atomic E-state index is 0.0432. The largest absolute Gasteiger partial charge is 0.497 e. The minimum Gasteiger partial charge on any atom is -0.497 e. The molecule has 2 aromatic rings. The summed E-state index contributed by atoms with van der Waals surface area (Å²) in [7, 11) is 3.31. The number of amides is 1. The molecule has 0 heterocycles. The van der Waals surface area contributed by atoms with E-state index >= 15 is 0 Å². The Morgan fingerprint density at radius 3 is 2.71 bits per heavy atom. The van der Waals surface area contributed by atoms with Crippen LogP contribution in [0.1, 0.15) is 11.1 Å². The Labute approximate surface area is 124 Å². The zero-order valence-corrected chi connectivity index (χ0v) is 12.0. The lowest BCUT2D eigenvalue weighted by molar-refractivity contribution is -0.117. The number of likely N-dealkylation sites (N-methyl/N-ethyl adjacent to an activating group) is 1. The van der Waals surface area contributed by atoms with Crippen LogP contribution in [0, 0.1) is 11.3 Å². The summed E-state index contributed by atoms with van der Waals surface area (Å²) in [4.78, 5) is 13.9. The van der Waals surface area contributed by atoms with Gasteiger partial charge in [0.15, 0.2) is 0 Å². The molecule has 2 rings (SSSR count). The van der Waals surface area contributed by atoms with E-state index in [1.807, 2.05) is 30.3 Å². The van der Waals surface area contributed by atoms with Crippen LogP contribution in [0.15, 0.2) is 48.5 Å². The minimum atomic E-state index is -0.0432. The lowest BCUT2D eigenvalue weighted by atomic mass is 10.1. The molecule has 0 aromatic heterocycles. The van der Waals surface area contributed by atoms with Gasteiger partial charge in [-0.2, -0.15) is 5.26 Å². The van der Waals surface area contributed by atoms with Crippen LogP contribution in [0.2, 0.25) is 0 Å². The molecule has 0 bridgehead atoms. The number of carbonyl (C=O) groups is 1. The number of anilines is 1. The van der Waals surface area contributed by atoms with Crippen LogP contribution in [0.5, 0.6) is 5.75 Å². The molecular weight excluding hydrogens is 264 g/mol. The molecule has 0 saturated carbocycles. The molecule has 0 aliphatic rings. The number of methoxy groups -OCH3 is 1. The maximum absolute atomic E-state index is 12.3. The van der Waals surface area contributed by atoms with Crippen LogP contribution in [-0.4, -0.2) is 20.1 Å². The van der Waals surface area contributed by atoms with E-state index in [2.05, 4.69) is 6.07 Å². The van der Waals surface area contributed by atoms with Crippen LogP contribution >= 0.6 is 0 Å². The molecule has 0 radical (unpaired) electrons. The van der Waals surface area contributed by atoms with Crippen molar-refractivity contribution < 1.29 is 9.53 Å². The molecular formula is C17H16N2O2. The van der Waals surface area contributed by atoms with E-state index in [4.69, 9.17) is 10.00 Å². The molecule has 4 heteroatoms. The number of hydrogen-bond acceptors (Lipinski definition) is 3. The third-order valence-corrected chi connectivity index (χ3v) is 3.23. The van der Waals surface area contributed by atoms with E-state index in [1.54, 1.807) is 37.3 Å². The standard InChI is InChI=1S/C17H16N2O2/c1-19(15-7-3-6-14(9-15)12-18)17(20)11-13-5-4-8-16(10-13)21-2/h3-10H,11H2,1-2H3. The molecule has 0 N–H and O–H groups in total. The van der Waals surface area contributed by atoms with E-state index < -0.39 is 0 Å². The fourth-order valence-corrected chi connectivity index (χ4v) is 2.00. The number of carbonyl (C=O) groups excluding carboxylic acids is 1. The van der Waals surface area contributed by atoms with Crippen LogP contribution < -0.4 is 9.64 Å². The van der Waals surface area contributed by atoms with E-state index in [0.29, 0.717) is 11.3 Å². The lowest BCUT2D eigenvalue weighted by Crippen LogP contribution is -2.27. The number of ether oxygens (including phenoxy) is 1. The third kappa shape index (κ3) is 3.61. The Balaban J connectivity index is 2.13. The van der Waals surface area contributed by atoms with E-state index in [0.717, 1.165) is 11.3 Å². The average molecular weight is 280 g/mol. The number of benzene rings is 2. The number of hydrogen-bond donors (Lipinski definition) is 0. The second kappa shape index (κ2) is 6.58. The summed E-state index contributed by atoms with van der Waals surface area (Å²) < 4.78 is 5.15. The van der Waals surface area contributed by atoms with E-state index in [-0.39, 0.29) is 12.3 Å². The molecule has 4 nitrogen and oxygen atoms in total. The second-order valence-electron chi connectivity index (χ2n) is 4.64. The molecule has 0 fully saturated rings. The Morgan fingerprint density at radius 2 is 2.00 bits per heavy atom. The number of nitrogens with zero attached hydrogens (tertiary/aromatic N) is 2. The highest BCUT2D eigenvalue weighted by Gasteiger charge is 2.12. The Hall–Kier alpha value is -2.80. The normalized spacial score (nSPS) is 9.76. The van der Waals surface area contributed by atoms with Crippen LogP contribution in [0.25, 0.3) is 0 Å². The van der Waals surface area contributed by atoms with Crippen molar-refractivity contribution in [2.24, 2.45) is 0 Å². The third-order valence-electron chi connectivity index (χ3n) is 3.23. The highest BCUT2D eigenvalue weighted by molar-refractivity contribution is 5.94. The Morgan fingerprint density at radius 1 is 1.24 bits per heavy atom. The van der Waals surface area contributed by atoms with Crippen molar-refractivity contribution >= 4 is 11.6 Å². The summed E-state index contributed by atoms with van der Waals surface area (Å²) in [6.45, 7) is 0. The first-order chi connectivity index (χ1) is 10.1. The van der Waals surface area contributed by atoms with Gasteiger partial charge in [0, 0.05) is 12.7 Å². The fourth-order valence-electron chi connectivity index (χ4n) is 2.00. The highest BCUT2D eigenvalue weighted by atomic mass is 16.5. The molecule has 0 aliphatic carbocycles. The van der Waals surface area contributed by atoms with Crippen LogP contribution in [-0.2, 0) is 11.2 Å². The van der Waals surface area contributed by atoms with E-state index in [9.17, 15) is 4.79 Å². The van der Waals surface area contributed by atoms with Gasteiger partial charge in [-0.1, -0.05) is 18.2 Å². The van der Waals surface area contributed by atoms with Crippen molar-refractivity contribution in [1.82, 2.24) is 0 Å². The highest BCUT2D eigenvalue weighted by Crippen LogP contribution is 2.17. The first kappa shape index (κ1) is 14.6. The average Bonchev–Trinajstić information content (AvgIpc) is 2.54. The summed E-state index contributed by atoms with van der Waals surface area (Å²) in [6, 6.07) is 16.5. The molecule has 106 valence electrons. The quantitative estimate of drug-likeness (QED) is 0.865. The summed E-state index contributed by atoms with van der Waals surface area (Å²) in [5, 5.41) is 8.91. The van der Waals surface area contributed by atoms with Gasteiger partial charge >= 0.3 is 0 Å². The van der Waals surface area contributed by atoms with Crippen molar-refractivity contribution in [2.45, 2.75) is 6.42 Å². The summed E-state index contributed by atoms with van der Waals surface area (Å²) in [6.07, 6.45) is 0.282. The summed E-state index contributed by atoms with van der Waals surface area (Å²) >= 11 is 0. The number of nitriles is 1. The fraction of sp³-hybridized carbons (Fsp3) is 0.176. The predicted molar refractivity (Wildman–Crippen MR) is 81.3 cm³/mol. The monoisotopic (exact) mass is 280 g/mol. The second-order valence-corrected chi connectivity index (χ2v) is 4.64. The van der Waals surface area contributed by atoms with Crippen LogP contribution in [0.3, 0.4) is 0 Å². The van der Waals surface area contributed by atoms with Gasteiger partial charge in [0.25, 0.3) is 0 Å². The molecule has 0 aliphatic heterocycles. The van der Waals surface area contributed by atoms with Crippen LogP contribution in [0.4, 0.5) is 5.69 Å². The van der Waals surface area contributed by atoms with Crippen molar-refractivity contribution in [3.8, 4) is 11.8 Å². The van der Waals surface area contributed by atoms with E-state index in [1.165, 1.54) is 0 Å². The zero-order chi connectivity index (χ0) is 15.2. The smallest absolute Gasteiger partial charge is 0.231 e. The van der Waals surface area contributed by atoms with Crippen molar-refractivity contribution in [3.63, 3.8) is 0 Å². The first-order valence-corrected chi connectivity index (χ1v) is 6.53. The molecule has 21 heavy (non-hydrogen) atoms. The van der Waals surface area contributed by atoms with Gasteiger partial charge in [0.2, 0.25) is 5.91 Å². The SMILES string of the molecule is COc1cccc(CC(=O)N(C)c2cccc(C#N)c2)c1. The van der Waals surface area contributed by atoms with Crippen molar-refractivity contribution in [1.29, 1.82) is 5.26 Å². The van der Waals surface area contributed by atoms with Gasteiger partial charge in [0.1, 0.15) is 5.75 Å². The van der Waals surface area contributed by atoms with Gasteiger partial charge in [-0.25, -0.2) is 0 Å². The topological polar surface area (TPSA) is 53.3 Å². The van der Waals surface area contributed by atoms with Gasteiger partial charge in [-0.05, 0) is 35.9 Å². The maximum Gasteiger partial charge on any atom is 0.231 e. The first-order valence-electron chi connectivity index (χ1n) is 6.53. The molecule has 0 unspecified atom stereocenters. The molecule has 2 aromatic carbocycles. The zero-order valence-electron chi connectivity index (χ0n) is 12.0. The molecule has 0 saturated heterocycles. The van der Waals surface area contributed by atoms with Gasteiger partial charge in [0.05, 0.1) is 25.2 Å². The van der Waals surface area contributed by atoms with Gasteiger partial charge in [-0.15, -0.1) is 0 Å². The predicted octanol–water partition coefficient (Wildman–Crippen LogP) is 2.77. The molecule has 1 amide bonds. The number of rotatable bonds is 4. The van der Waals surface area contributed by atoms with Gasteiger partial charge < -0.3 is 9.64 Å². The van der Waals surface area contributed by atoms with Crippen molar-refractivity contribution in [2.75, 3.05) is 19.1 Å². The Bertz CT molecular complexity index is 689. The molecule has 0 spiro atoms. The summed E-state index contributed by atoms with van der Waals surface area (Å²) in [5.74, 6) is 0.688. The lowest BCUT2D eigenvalue weighted by Gasteiger charge is -2.17. The molecule has 0 atom stereocenters. The van der Waals surface area contributed by atoms with Gasteiger partial charge in [-0.3, -0.25) is 4.79 Å².